The summed E-state index contributed by atoms with van der Waals surface area (Å²) in [6.07, 6.45) is 12.0. The van der Waals surface area contributed by atoms with Crippen molar-refractivity contribution < 1.29 is 4.74 Å². The third kappa shape index (κ3) is 6.06. The maximum Gasteiger partial charge on any atom is 0.217 e. The molecule has 1 atom stereocenters. The molecule has 2 N–H and O–H groups in total. The number of methoxy groups -OCH3 is 1. The number of pyridine rings is 1. The molecule has 3 heteroatoms. The normalized spacial score (nSPS) is 12.4. The number of unbranched alkanes of at least 4 members (excludes halogenated alkanes) is 6. The van der Waals surface area contributed by atoms with Gasteiger partial charge in [-0.25, -0.2) is 4.98 Å². The molecule has 0 amide bonds. The van der Waals surface area contributed by atoms with E-state index in [-0.39, 0.29) is 6.04 Å². The second kappa shape index (κ2) is 9.79. The Kier molecular flexibility index (Phi) is 8.23. The number of rotatable bonds is 10. The Morgan fingerprint density at radius 3 is 2.53 bits per heavy atom. The van der Waals surface area contributed by atoms with Crippen LogP contribution in [0, 0.1) is 0 Å². The molecule has 0 aliphatic rings. The lowest BCUT2D eigenvalue weighted by atomic mass is 10.0. The van der Waals surface area contributed by atoms with Crippen LogP contribution in [0.2, 0.25) is 0 Å². The number of ether oxygens (including phenoxy) is 1. The van der Waals surface area contributed by atoms with E-state index >= 15 is 0 Å². The van der Waals surface area contributed by atoms with E-state index in [1.807, 2.05) is 12.1 Å². The van der Waals surface area contributed by atoms with E-state index in [0.29, 0.717) is 5.88 Å². The minimum atomic E-state index is 0.0410. The summed E-state index contributed by atoms with van der Waals surface area (Å²) >= 11 is 0. The summed E-state index contributed by atoms with van der Waals surface area (Å²) in [6.45, 7) is 2.25. The summed E-state index contributed by atoms with van der Waals surface area (Å²) in [5, 5.41) is 0. The van der Waals surface area contributed by atoms with Crippen LogP contribution in [-0.2, 0) is 0 Å². The van der Waals surface area contributed by atoms with E-state index in [1.54, 1.807) is 13.3 Å². The zero-order valence-electron chi connectivity index (χ0n) is 12.4. The lowest BCUT2D eigenvalue weighted by Gasteiger charge is -2.14. The second-order valence-electron chi connectivity index (χ2n) is 5.12. The molecule has 0 fully saturated rings. The monoisotopic (exact) mass is 264 g/mol. The van der Waals surface area contributed by atoms with Crippen LogP contribution < -0.4 is 10.5 Å². The van der Waals surface area contributed by atoms with Crippen LogP contribution in [-0.4, -0.2) is 12.1 Å². The van der Waals surface area contributed by atoms with Crippen LogP contribution in [0.3, 0.4) is 0 Å². The van der Waals surface area contributed by atoms with Crippen LogP contribution >= 0.6 is 0 Å². The fraction of sp³-hybridized carbons (Fsp3) is 0.688. The quantitative estimate of drug-likeness (QED) is 0.643. The van der Waals surface area contributed by atoms with Gasteiger partial charge in [0.25, 0.3) is 0 Å². The van der Waals surface area contributed by atoms with E-state index in [1.165, 1.54) is 44.9 Å². The number of hydrogen-bond acceptors (Lipinski definition) is 3. The zero-order chi connectivity index (χ0) is 13.9. The Morgan fingerprint density at radius 2 is 1.84 bits per heavy atom. The Hall–Kier alpha value is -1.09. The smallest absolute Gasteiger partial charge is 0.217 e. The van der Waals surface area contributed by atoms with Gasteiger partial charge in [0, 0.05) is 17.8 Å². The van der Waals surface area contributed by atoms with E-state index in [0.717, 1.165) is 12.0 Å². The Labute approximate surface area is 117 Å². The Balaban J connectivity index is 2.22. The average molecular weight is 264 g/mol. The van der Waals surface area contributed by atoms with Crippen LogP contribution in [0.25, 0.3) is 0 Å². The molecule has 0 aliphatic carbocycles. The Bertz CT molecular complexity index is 341. The minimum Gasteiger partial charge on any atom is -0.481 e. The maximum atomic E-state index is 6.21. The molecule has 3 nitrogen and oxygen atoms in total. The summed E-state index contributed by atoms with van der Waals surface area (Å²) in [6, 6.07) is 3.97. The van der Waals surface area contributed by atoms with Gasteiger partial charge in [-0.3, -0.25) is 0 Å². The molecule has 0 bridgehead atoms. The van der Waals surface area contributed by atoms with E-state index in [9.17, 15) is 0 Å². The SMILES string of the molecule is CCCCCCCCCC(N)c1cccnc1OC. The molecule has 1 aromatic rings. The van der Waals surface area contributed by atoms with E-state index in [4.69, 9.17) is 10.5 Å². The number of nitrogens with two attached hydrogens (primary N) is 1. The molecule has 0 aliphatic heterocycles. The number of nitrogens with zero attached hydrogens (tertiary/aromatic N) is 1. The maximum absolute atomic E-state index is 6.21. The summed E-state index contributed by atoms with van der Waals surface area (Å²) in [4.78, 5) is 4.19. The molecule has 1 unspecified atom stereocenters. The molecular weight excluding hydrogens is 236 g/mol. The van der Waals surface area contributed by atoms with Crippen LogP contribution in [0.15, 0.2) is 18.3 Å². The van der Waals surface area contributed by atoms with Gasteiger partial charge in [0.05, 0.1) is 7.11 Å². The summed E-state index contributed by atoms with van der Waals surface area (Å²) in [5.41, 5.74) is 7.24. The lowest BCUT2D eigenvalue weighted by molar-refractivity contribution is 0.386. The molecule has 1 rings (SSSR count). The third-order valence-corrected chi connectivity index (χ3v) is 3.51. The predicted octanol–water partition coefficient (Wildman–Crippen LogP) is 4.23. The minimum absolute atomic E-state index is 0.0410. The van der Waals surface area contributed by atoms with Crippen LogP contribution in [0.4, 0.5) is 0 Å². The van der Waals surface area contributed by atoms with Crippen LogP contribution in [0.5, 0.6) is 5.88 Å². The molecule has 0 aromatic carbocycles. The number of aromatic nitrogens is 1. The Morgan fingerprint density at radius 1 is 1.16 bits per heavy atom. The van der Waals surface area contributed by atoms with E-state index in [2.05, 4.69) is 11.9 Å². The highest BCUT2D eigenvalue weighted by Crippen LogP contribution is 2.24. The van der Waals surface area contributed by atoms with Gasteiger partial charge in [0.1, 0.15) is 0 Å². The fourth-order valence-electron chi connectivity index (χ4n) is 2.33. The first-order valence-electron chi connectivity index (χ1n) is 7.54. The molecule has 0 saturated carbocycles. The molecule has 0 spiro atoms. The molecule has 108 valence electrons. The summed E-state index contributed by atoms with van der Waals surface area (Å²) in [5.74, 6) is 0.665. The first-order valence-corrected chi connectivity index (χ1v) is 7.54. The van der Waals surface area contributed by atoms with Crippen molar-refractivity contribution >= 4 is 0 Å². The molecular formula is C16H28N2O. The van der Waals surface area contributed by atoms with Crippen molar-refractivity contribution in [3.8, 4) is 5.88 Å². The van der Waals surface area contributed by atoms with Crippen molar-refractivity contribution in [3.05, 3.63) is 23.9 Å². The highest BCUT2D eigenvalue weighted by molar-refractivity contribution is 5.28. The fourth-order valence-corrected chi connectivity index (χ4v) is 2.33. The van der Waals surface area contributed by atoms with Gasteiger partial charge in [-0.15, -0.1) is 0 Å². The van der Waals surface area contributed by atoms with Crippen molar-refractivity contribution in [1.29, 1.82) is 0 Å². The summed E-state index contributed by atoms with van der Waals surface area (Å²) in [7, 11) is 1.65. The van der Waals surface area contributed by atoms with Gasteiger partial charge >= 0.3 is 0 Å². The molecule has 1 heterocycles. The van der Waals surface area contributed by atoms with Gasteiger partial charge in [-0.05, 0) is 12.5 Å². The molecule has 0 saturated heterocycles. The first kappa shape index (κ1) is 16.0. The third-order valence-electron chi connectivity index (χ3n) is 3.51. The van der Waals surface area contributed by atoms with Crippen molar-refractivity contribution in [3.63, 3.8) is 0 Å². The van der Waals surface area contributed by atoms with Gasteiger partial charge < -0.3 is 10.5 Å². The van der Waals surface area contributed by atoms with Gasteiger partial charge in [-0.1, -0.05) is 57.9 Å². The van der Waals surface area contributed by atoms with Crippen molar-refractivity contribution in [2.45, 2.75) is 64.3 Å². The standard InChI is InChI=1S/C16H28N2O/c1-3-4-5-6-7-8-9-12-15(17)14-11-10-13-18-16(14)19-2/h10-11,13,15H,3-9,12,17H2,1-2H3. The first-order chi connectivity index (χ1) is 9.29. The largest absolute Gasteiger partial charge is 0.481 e. The highest BCUT2D eigenvalue weighted by Gasteiger charge is 2.11. The topological polar surface area (TPSA) is 48.1 Å². The van der Waals surface area contributed by atoms with E-state index < -0.39 is 0 Å². The average Bonchev–Trinajstić information content (AvgIpc) is 2.46. The molecule has 19 heavy (non-hydrogen) atoms. The van der Waals surface area contributed by atoms with Crippen molar-refractivity contribution in [2.24, 2.45) is 5.73 Å². The predicted molar refractivity (Wildman–Crippen MR) is 80.3 cm³/mol. The van der Waals surface area contributed by atoms with Gasteiger partial charge in [0.15, 0.2) is 0 Å². The zero-order valence-corrected chi connectivity index (χ0v) is 12.4. The lowest BCUT2D eigenvalue weighted by Crippen LogP contribution is -2.12. The van der Waals surface area contributed by atoms with Crippen LogP contribution in [0.1, 0.15) is 69.9 Å². The highest BCUT2D eigenvalue weighted by atomic mass is 16.5. The van der Waals surface area contributed by atoms with Crippen molar-refractivity contribution in [2.75, 3.05) is 7.11 Å². The molecule has 0 radical (unpaired) electrons. The second-order valence-corrected chi connectivity index (χ2v) is 5.12. The van der Waals surface area contributed by atoms with Gasteiger partial charge in [-0.2, -0.15) is 0 Å². The number of hydrogen-bond donors (Lipinski definition) is 1. The van der Waals surface area contributed by atoms with Gasteiger partial charge in [0.2, 0.25) is 5.88 Å². The van der Waals surface area contributed by atoms with Crippen molar-refractivity contribution in [1.82, 2.24) is 4.98 Å². The molecule has 1 aromatic heterocycles. The summed E-state index contributed by atoms with van der Waals surface area (Å²) < 4.78 is 5.25.